The van der Waals surface area contributed by atoms with Crippen molar-refractivity contribution in [2.24, 2.45) is 0 Å². The minimum atomic E-state index is -0.274. The van der Waals surface area contributed by atoms with Crippen LogP contribution in [0, 0.1) is 0 Å². The zero-order valence-electron chi connectivity index (χ0n) is 31.7. The minimum Gasteiger partial charge on any atom is -0.435 e. The molecule has 280 valence electrons. The second kappa shape index (κ2) is 36.5. The third-order valence-corrected chi connectivity index (χ3v) is 9.34. The van der Waals surface area contributed by atoms with Gasteiger partial charge >= 0.3 is 11.9 Å². The third-order valence-electron chi connectivity index (χ3n) is 8.42. The van der Waals surface area contributed by atoms with E-state index >= 15 is 0 Å². The Balaban J connectivity index is 4.26. The molecule has 0 spiro atoms. The first kappa shape index (κ1) is 46.2. The van der Waals surface area contributed by atoms with E-state index in [9.17, 15) is 14.4 Å². The molecule has 0 unspecified atom stereocenters. The largest absolute Gasteiger partial charge is 0.435 e. The summed E-state index contributed by atoms with van der Waals surface area (Å²) in [6.07, 6.45) is 33.6. The molecule has 0 heterocycles. The van der Waals surface area contributed by atoms with Crippen LogP contribution in [0.4, 0.5) is 0 Å². The summed E-state index contributed by atoms with van der Waals surface area (Å²) in [4.78, 5) is 41.4. The molecule has 0 atom stereocenters. The Kier molecular flexibility index (Phi) is 35.1. The average Bonchev–Trinajstić information content (AvgIpc) is 3.06. The van der Waals surface area contributed by atoms with Crippen molar-refractivity contribution in [2.75, 3.05) is 45.2 Å². The Morgan fingerprint density at radius 3 is 1.33 bits per heavy atom. The predicted molar refractivity (Wildman–Crippen MR) is 205 cm³/mol. The highest BCUT2D eigenvalue weighted by Crippen LogP contribution is 2.13. The fraction of sp³-hybridized carbons (Fsp3) is 0.825. The van der Waals surface area contributed by atoms with Gasteiger partial charge < -0.3 is 19.3 Å². The van der Waals surface area contributed by atoms with Crippen LogP contribution in [0.25, 0.3) is 0 Å². The fourth-order valence-electron chi connectivity index (χ4n) is 5.34. The highest BCUT2D eigenvalue weighted by atomic mass is 32.2. The van der Waals surface area contributed by atoms with E-state index in [1.165, 1.54) is 115 Å². The molecule has 0 aromatic carbocycles. The number of nitrogens with zero attached hydrogens (tertiary/aromatic N) is 2. The van der Waals surface area contributed by atoms with Crippen LogP contribution in [0.2, 0.25) is 0 Å². The molecule has 0 N–H and O–H groups in total. The van der Waals surface area contributed by atoms with Crippen molar-refractivity contribution < 1.29 is 23.9 Å². The molecule has 0 aromatic heterocycles. The molecule has 0 aromatic rings. The molecule has 7 nitrogen and oxygen atoms in total. The van der Waals surface area contributed by atoms with Crippen LogP contribution in [0.3, 0.4) is 0 Å². The average molecular weight is 695 g/mol. The molecular weight excluding hydrogens is 621 g/mol. The lowest BCUT2D eigenvalue weighted by atomic mass is 10.1. The van der Waals surface area contributed by atoms with E-state index in [1.54, 1.807) is 16.7 Å². The van der Waals surface area contributed by atoms with Crippen LogP contribution in [-0.4, -0.2) is 72.9 Å². The highest BCUT2D eigenvalue weighted by Gasteiger charge is 2.15. The van der Waals surface area contributed by atoms with E-state index in [0.29, 0.717) is 31.7 Å². The number of thioether (sulfide) groups is 1. The van der Waals surface area contributed by atoms with Gasteiger partial charge in [0.05, 0.1) is 18.3 Å². The summed E-state index contributed by atoms with van der Waals surface area (Å²) in [5.41, 5.74) is 0. The summed E-state index contributed by atoms with van der Waals surface area (Å²) < 4.78 is 10.6. The lowest BCUT2D eigenvalue weighted by molar-refractivity contribution is -0.138. The first-order valence-electron chi connectivity index (χ1n) is 19.6. The second-order valence-electron chi connectivity index (χ2n) is 13.4. The molecule has 0 radical (unpaired) electrons. The standard InChI is InChI=1S/C40H74N2O5S/c1-5-7-9-11-13-15-17-19-21-23-25-34-46-39(44)29-27-31-42(38(43)37-48-36-33-41(3)4)32-28-30-40(45)47-35-26-24-22-20-18-16-14-12-10-8-6-2/h25-26,34-35H,5-24,27-33,36-37H2,1-4H3/b34-25-,35-26-. The molecule has 8 heteroatoms. The van der Waals surface area contributed by atoms with Gasteiger partial charge in [-0.1, -0.05) is 117 Å². The number of ether oxygens (including phenoxy) is 2. The van der Waals surface area contributed by atoms with Crippen molar-refractivity contribution in [3.05, 3.63) is 24.7 Å². The van der Waals surface area contributed by atoms with Crippen LogP contribution in [0.15, 0.2) is 24.7 Å². The molecule has 0 bridgehead atoms. The normalized spacial score (nSPS) is 11.6. The molecular formula is C40H74N2O5S. The van der Waals surface area contributed by atoms with Gasteiger partial charge in [-0.3, -0.25) is 14.4 Å². The highest BCUT2D eigenvalue weighted by molar-refractivity contribution is 7.99. The van der Waals surface area contributed by atoms with E-state index in [-0.39, 0.29) is 30.7 Å². The lowest BCUT2D eigenvalue weighted by Crippen LogP contribution is -2.35. The smallest absolute Gasteiger partial charge is 0.310 e. The van der Waals surface area contributed by atoms with Gasteiger partial charge in [0, 0.05) is 38.2 Å². The Morgan fingerprint density at radius 2 is 0.938 bits per heavy atom. The summed E-state index contributed by atoms with van der Waals surface area (Å²) >= 11 is 1.61. The topological polar surface area (TPSA) is 76.1 Å². The number of unbranched alkanes of at least 4 members (excludes halogenated alkanes) is 18. The number of rotatable bonds is 35. The molecule has 0 saturated heterocycles. The zero-order valence-corrected chi connectivity index (χ0v) is 32.5. The van der Waals surface area contributed by atoms with E-state index in [2.05, 4.69) is 18.7 Å². The molecule has 1 amide bonds. The van der Waals surface area contributed by atoms with Gasteiger partial charge in [-0.2, -0.15) is 11.8 Å². The third kappa shape index (κ3) is 34.1. The summed E-state index contributed by atoms with van der Waals surface area (Å²) in [5, 5.41) is 0. The number of hydrogen-bond acceptors (Lipinski definition) is 7. The summed E-state index contributed by atoms with van der Waals surface area (Å²) in [5.74, 6) is 0.767. The van der Waals surface area contributed by atoms with Gasteiger partial charge in [0.2, 0.25) is 5.91 Å². The van der Waals surface area contributed by atoms with Gasteiger partial charge in [0.1, 0.15) is 0 Å². The van der Waals surface area contributed by atoms with Crippen molar-refractivity contribution in [3.63, 3.8) is 0 Å². The first-order valence-corrected chi connectivity index (χ1v) is 20.7. The molecule has 0 aliphatic rings. The van der Waals surface area contributed by atoms with Crippen molar-refractivity contribution in [1.29, 1.82) is 0 Å². The van der Waals surface area contributed by atoms with E-state index in [4.69, 9.17) is 9.47 Å². The second-order valence-corrected chi connectivity index (χ2v) is 14.5. The SMILES string of the molecule is CCCCCCCCCCC/C=C\OC(=O)CCCN(CCCC(=O)O/C=C\CCCCCCCCCCC)C(=O)CSCCN(C)C. The maximum Gasteiger partial charge on any atom is 0.310 e. The van der Waals surface area contributed by atoms with Crippen molar-refractivity contribution in [3.8, 4) is 0 Å². The lowest BCUT2D eigenvalue weighted by Gasteiger charge is -2.22. The van der Waals surface area contributed by atoms with Crippen molar-refractivity contribution >= 4 is 29.6 Å². The number of amides is 1. The summed E-state index contributed by atoms with van der Waals surface area (Å²) in [7, 11) is 4.04. The Hall–Kier alpha value is -1.80. The Labute approximate surface area is 300 Å². The van der Waals surface area contributed by atoms with Crippen molar-refractivity contribution in [1.82, 2.24) is 9.80 Å². The van der Waals surface area contributed by atoms with Gasteiger partial charge in [0.25, 0.3) is 0 Å². The van der Waals surface area contributed by atoms with Gasteiger partial charge in [0.15, 0.2) is 0 Å². The molecule has 0 aliphatic carbocycles. The molecule has 48 heavy (non-hydrogen) atoms. The predicted octanol–water partition coefficient (Wildman–Crippen LogP) is 10.6. The van der Waals surface area contributed by atoms with Crippen molar-refractivity contribution in [2.45, 2.75) is 168 Å². The summed E-state index contributed by atoms with van der Waals surface area (Å²) in [6.45, 7) is 6.35. The number of carbonyl (C=O) groups excluding carboxylic acids is 3. The minimum absolute atomic E-state index is 0.0437. The maximum atomic E-state index is 13.0. The quantitative estimate of drug-likeness (QED) is 0.0371. The molecule has 0 fully saturated rings. The van der Waals surface area contributed by atoms with Crippen LogP contribution in [0.1, 0.15) is 168 Å². The number of esters is 2. The van der Waals surface area contributed by atoms with E-state index in [0.717, 1.165) is 38.0 Å². The monoisotopic (exact) mass is 695 g/mol. The Bertz CT molecular complexity index is 765. The fourth-order valence-corrected chi connectivity index (χ4v) is 6.33. The summed E-state index contributed by atoms with van der Waals surface area (Å²) in [6, 6.07) is 0. The number of hydrogen-bond donors (Lipinski definition) is 0. The van der Waals surface area contributed by atoms with Gasteiger partial charge in [-0.05, 0) is 64.8 Å². The molecule has 0 rings (SSSR count). The van der Waals surface area contributed by atoms with Gasteiger partial charge in [-0.15, -0.1) is 0 Å². The van der Waals surface area contributed by atoms with Crippen LogP contribution in [0.5, 0.6) is 0 Å². The Morgan fingerprint density at radius 1 is 0.542 bits per heavy atom. The van der Waals surface area contributed by atoms with Crippen LogP contribution in [-0.2, 0) is 23.9 Å². The van der Waals surface area contributed by atoms with Crippen LogP contribution >= 0.6 is 11.8 Å². The zero-order chi connectivity index (χ0) is 35.3. The van der Waals surface area contributed by atoms with E-state index in [1.807, 2.05) is 26.2 Å². The first-order chi connectivity index (χ1) is 23.4. The van der Waals surface area contributed by atoms with Gasteiger partial charge in [-0.25, -0.2) is 0 Å². The maximum absolute atomic E-state index is 13.0. The van der Waals surface area contributed by atoms with Crippen LogP contribution < -0.4 is 0 Å². The van der Waals surface area contributed by atoms with E-state index < -0.39 is 0 Å². The molecule has 0 saturated carbocycles. The molecule has 0 aliphatic heterocycles. The number of allylic oxidation sites excluding steroid dienone is 2. The number of carbonyl (C=O) groups is 3.